The molecule has 2 fully saturated rings. The van der Waals surface area contributed by atoms with Crippen molar-refractivity contribution in [3.8, 4) is 0 Å². The van der Waals surface area contributed by atoms with Gasteiger partial charge in [0.05, 0.1) is 16.2 Å². The molecule has 0 radical (unpaired) electrons. The number of halogens is 1. The molecular formula is C13H17FN2O3S. The molecule has 0 aromatic heterocycles. The number of aryl methyl sites for hydroxylation is 1. The summed E-state index contributed by atoms with van der Waals surface area (Å²) in [7, 11) is -3.71. The molecule has 1 saturated heterocycles. The van der Waals surface area contributed by atoms with Crippen LogP contribution in [0.5, 0.6) is 0 Å². The maximum absolute atomic E-state index is 13.5. The zero-order chi connectivity index (χ0) is 14.7. The number of hydrogen-bond donors (Lipinski definition) is 2. The van der Waals surface area contributed by atoms with E-state index in [4.69, 9.17) is 5.73 Å². The van der Waals surface area contributed by atoms with Gasteiger partial charge in [-0.3, -0.25) is 0 Å². The highest BCUT2D eigenvalue weighted by atomic mass is 32.2. The van der Waals surface area contributed by atoms with Gasteiger partial charge in [-0.25, -0.2) is 12.8 Å². The summed E-state index contributed by atoms with van der Waals surface area (Å²) in [6.45, 7) is 1.69. The fourth-order valence-electron chi connectivity index (χ4n) is 2.67. The van der Waals surface area contributed by atoms with Gasteiger partial charge in [0.2, 0.25) is 10.0 Å². The molecule has 2 aliphatic rings. The van der Waals surface area contributed by atoms with Gasteiger partial charge in [0, 0.05) is 13.1 Å². The highest BCUT2D eigenvalue weighted by Crippen LogP contribution is 2.46. The van der Waals surface area contributed by atoms with Crippen molar-refractivity contribution in [3.05, 3.63) is 23.5 Å². The van der Waals surface area contributed by atoms with E-state index in [1.54, 1.807) is 0 Å². The van der Waals surface area contributed by atoms with Crippen molar-refractivity contribution in [2.45, 2.75) is 30.3 Å². The Labute approximate surface area is 117 Å². The number of anilines is 1. The zero-order valence-electron chi connectivity index (χ0n) is 11.1. The van der Waals surface area contributed by atoms with Gasteiger partial charge in [0.25, 0.3) is 0 Å². The van der Waals surface area contributed by atoms with Crippen molar-refractivity contribution in [1.82, 2.24) is 4.31 Å². The fourth-order valence-corrected chi connectivity index (χ4v) is 4.36. The van der Waals surface area contributed by atoms with Gasteiger partial charge in [0.1, 0.15) is 5.82 Å². The first-order valence-corrected chi connectivity index (χ1v) is 7.96. The normalized spacial score (nSPS) is 22.6. The number of hydrogen-bond acceptors (Lipinski definition) is 4. The molecule has 0 atom stereocenters. The third-order valence-electron chi connectivity index (χ3n) is 4.13. The maximum atomic E-state index is 13.5. The molecule has 1 aliphatic heterocycles. The van der Waals surface area contributed by atoms with E-state index in [0.29, 0.717) is 0 Å². The monoisotopic (exact) mass is 300 g/mol. The predicted molar refractivity (Wildman–Crippen MR) is 72.0 cm³/mol. The van der Waals surface area contributed by atoms with Crippen LogP contribution >= 0.6 is 0 Å². The van der Waals surface area contributed by atoms with Crippen molar-refractivity contribution in [1.29, 1.82) is 0 Å². The number of rotatable bonds is 3. The zero-order valence-corrected chi connectivity index (χ0v) is 12.0. The molecule has 3 rings (SSSR count). The molecular weight excluding hydrogens is 283 g/mol. The number of nitrogen functional groups attached to an aromatic ring is 1. The minimum Gasteiger partial charge on any atom is -0.396 e. The summed E-state index contributed by atoms with van der Waals surface area (Å²) in [6, 6.07) is 2.40. The summed E-state index contributed by atoms with van der Waals surface area (Å²) < 4.78 is 39.5. The Morgan fingerprint density at radius 1 is 1.40 bits per heavy atom. The van der Waals surface area contributed by atoms with E-state index in [9.17, 15) is 17.9 Å². The molecule has 1 heterocycles. The van der Waals surface area contributed by atoms with Crippen LogP contribution in [0.25, 0.3) is 0 Å². The van der Waals surface area contributed by atoms with E-state index >= 15 is 0 Å². The first-order chi connectivity index (χ1) is 9.24. The summed E-state index contributed by atoms with van der Waals surface area (Å²) in [5.74, 6) is -0.379. The lowest BCUT2D eigenvalue weighted by Crippen LogP contribution is -2.64. The lowest BCUT2D eigenvalue weighted by Gasteiger charge is -2.45. The van der Waals surface area contributed by atoms with E-state index in [1.165, 1.54) is 17.3 Å². The third kappa shape index (κ3) is 2.01. The van der Waals surface area contributed by atoms with Gasteiger partial charge in [-0.1, -0.05) is 0 Å². The van der Waals surface area contributed by atoms with Crippen LogP contribution in [0.2, 0.25) is 0 Å². The Morgan fingerprint density at radius 2 is 2.00 bits per heavy atom. The minimum absolute atomic E-state index is 0.0215. The van der Waals surface area contributed by atoms with Gasteiger partial charge in [0.15, 0.2) is 0 Å². The summed E-state index contributed by atoms with van der Waals surface area (Å²) >= 11 is 0. The topological polar surface area (TPSA) is 83.6 Å². The average Bonchev–Trinajstić information content (AvgIpc) is 3.15. The summed E-state index contributed by atoms with van der Waals surface area (Å²) in [6.07, 6.45) is 1.90. The van der Waals surface area contributed by atoms with Gasteiger partial charge in [-0.05, 0) is 43.4 Å². The molecule has 1 saturated carbocycles. The van der Waals surface area contributed by atoms with E-state index in [1.807, 2.05) is 0 Å². The highest BCUT2D eigenvalue weighted by molar-refractivity contribution is 7.89. The van der Waals surface area contributed by atoms with Crippen LogP contribution in [-0.2, 0) is 10.0 Å². The Balaban J connectivity index is 1.86. The molecule has 20 heavy (non-hydrogen) atoms. The van der Waals surface area contributed by atoms with Crippen molar-refractivity contribution < 1.29 is 17.9 Å². The van der Waals surface area contributed by atoms with Gasteiger partial charge in [-0.2, -0.15) is 4.31 Å². The smallest absolute Gasteiger partial charge is 0.243 e. The SMILES string of the molecule is Cc1cc(S(=O)(=O)N2CC(O)(C3CC3)C2)cc(N)c1F. The molecule has 0 unspecified atom stereocenters. The molecule has 1 aliphatic carbocycles. The number of nitrogens with zero attached hydrogens (tertiary/aromatic N) is 1. The molecule has 0 spiro atoms. The Hall–Kier alpha value is -1.18. The van der Waals surface area contributed by atoms with Gasteiger partial charge >= 0.3 is 0 Å². The third-order valence-corrected chi connectivity index (χ3v) is 5.90. The van der Waals surface area contributed by atoms with Gasteiger partial charge in [-0.15, -0.1) is 0 Å². The molecule has 1 aromatic rings. The second-order valence-corrected chi connectivity index (χ2v) is 7.73. The minimum atomic E-state index is -3.71. The second-order valence-electron chi connectivity index (χ2n) is 5.79. The molecule has 110 valence electrons. The van der Waals surface area contributed by atoms with Crippen LogP contribution in [0.1, 0.15) is 18.4 Å². The van der Waals surface area contributed by atoms with Crippen LogP contribution in [0.15, 0.2) is 17.0 Å². The molecule has 5 nitrogen and oxygen atoms in total. The summed E-state index contributed by atoms with van der Waals surface area (Å²) in [5.41, 5.74) is 4.62. The van der Waals surface area contributed by atoms with E-state index in [0.717, 1.165) is 18.9 Å². The van der Waals surface area contributed by atoms with Gasteiger partial charge < -0.3 is 10.8 Å². The summed E-state index contributed by atoms with van der Waals surface area (Å²) in [5, 5.41) is 10.2. The molecule has 1 aromatic carbocycles. The molecule has 3 N–H and O–H groups in total. The lowest BCUT2D eigenvalue weighted by atomic mass is 9.91. The van der Waals surface area contributed by atoms with E-state index in [2.05, 4.69) is 0 Å². The van der Waals surface area contributed by atoms with Crippen LogP contribution in [0.4, 0.5) is 10.1 Å². The van der Waals surface area contributed by atoms with Crippen LogP contribution in [-0.4, -0.2) is 36.5 Å². The number of sulfonamides is 1. The summed E-state index contributed by atoms with van der Waals surface area (Å²) in [4.78, 5) is -0.0215. The largest absolute Gasteiger partial charge is 0.396 e. The first kappa shape index (κ1) is 13.8. The van der Waals surface area contributed by atoms with Crippen molar-refractivity contribution in [3.63, 3.8) is 0 Å². The quantitative estimate of drug-likeness (QED) is 0.811. The molecule has 7 heteroatoms. The highest BCUT2D eigenvalue weighted by Gasteiger charge is 2.55. The van der Waals surface area contributed by atoms with E-state index < -0.39 is 21.4 Å². The average molecular weight is 300 g/mol. The molecule has 0 bridgehead atoms. The molecule has 0 amide bonds. The lowest BCUT2D eigenvalue weighted by molar-refractivity contribution is -0.0764. The Morgan fingerprint density at radius 3 is 2.50 bits per heavy atom. The maximum Gasteiger partial charge on any atom is 0.243 e. The van der Waals surface area contributed by atoms with E-state index in [-0.39, 0.29) is 35.2 Å². The predicted octanol–water partition coefficient (Wildman–Crippen LogP) is 0.862. The fraction of sp³-hybridized carbons (Fsp3) is 0.538. The number of aliphatic hydroxyl groups is 1. The van der Waals surface area contributed by atoms with Crippen LogP contribution < -0.4 is 5.73 Å². The Bertz CT molecular complexity index is 641. The van der Waals surface area contributed by atoms with Crippen molar-refractivity contribution in [2.75, 3.05) is 18.8 Å². The van der Waals surface area contributed by atoms with Crippen LogP contribution in [0, 0.1) is 18.7 Å². The van der Waals surface area contributed by atoms with Crippen molar-refractivity contribution in [2.24, 2.45) is 5.92 Å². The number of nitrogens with two attached hydrogens (primary N) is 1. The van der Waals surface area contributed by atoms with Crippen LogP contribution in [0.3, 0.4) is 0 Å². The number of benzene rings is 1. The second kappa shape index (κ2) is 4.16. The Kier molecular flexibility index (Phi) is 2.87. The number of β-amino-alcohol motifs (C(OH)–C–C–N with tert-alkyl or cyclic N) is 1. The standard InChI is InChI=1S/C13H17FN2O3S/c1-8-4-10(5-11(15)12(8)14)20(18,19)16-6-13(17,7-16)9-2-3-9/h4-5,9,17H,2-3,6-7,15H2,1H3. The first-order valence-electron chi connectivity index (χ1n) is 6.52. The van der Waals surface area contributed by atoms with Crippen molar-refractivity contribution >= 4 is 15.7 Å².